The first-order valence-electron chi connectivity index (χ1n) is 5.74. The monoisotopic (exact) mass is 283 g/mol. The highest BCUT2D eigenvalue weighted by Gasteiger charge is 2.27. The van der Waals surface area contributed by atoms with Crippen LogP contribution in [-0.2, 0) is 9.53 Å². The molecule has 1 fully saturated rings. The number of benzene rings is 1. The van der Waals surface area contributed by atoms with Crippen LogP contribution in [-0.4, -0.2) is 49.4 Å². The first-order valence-corrected chi connectivity index (χ1v) is 6.11. The van der Waals surface area contributed by atoms with Crippen molar-refractivity contribution in [1.29, 1.82) is 0 Å². The number of carbonyl (C=O) groups excluding carboxylic acids is 2. The van der Waals surface area contributed by atoms with E-state index in [1.54, 1.807) is 31.3 Å². The summed E-state index contributed by atoms with van der Waals surface area (Å²) in [5, 5.41) is 3.16. The van der Waals surface area contributed by atoms with Crippen LogP contribution in [0, 0.1) is 0 Å². The van der Waals surface area contributed by atoms with Gasteiger partial charge in [-0.1, -0.05) is 11.6 Å². The Morgan fingerprint density at radius 3 is 2.74 bits per heavy atom. The van der Waals surface area contributed by atoms with Gasteiger partial charge in [-0.15, -0.1) is 0 Å². The zero-order chi connectivity index (χ0) is 13.8. The van der Waals surface area contributed by atoms with Gasteiger partial charge in [0.05, 0.1) is 13.2 Å². The van der Waals surface area contributed by atoms with Gasteiger partial charge >= 0.3 is 6.03 Å². The Kier molecular flexibility index (Phi) is 4.24. The van der Waals surface area contributed by atoms with E-state index in [4.69, 9.17) is 16.3 Å². The third-order valence-corrected chi connectivity index (χ3v) is 3.08. The summed E-state index contributed by atoms with van der Waals surface area (Å²) in [6, 6.07) is 6.60. The molecule has 0 atom stereocenters. The van der Waals surface area contributed by atoms with Crippen LogP contribution < -0.4 is 4.90 Å². The zero-order valence-corrected chi connectivity index (χ0v) is 11.2. The number of hydrogen-bond acceptors (Lipinski definition) is 3. The SMILES string of the molecule is CN(C(=O)N1CCOCN1C=O)c1ccc(Cl)cc1. The maximum atomic E-state index is 12.3. The Labute approximate surface area is 116 Å². The maximum absolute atomic E-state index is 12.3. The van der Waals surface area contributed by atoms with Crippen molar-refractivity contribution in [3.8, 4) is 0 Å². The molecular formula is C12H14ClN3O3. The van der Waals surface area contributed by atoms with E-state index in [2.05, 4.69) is 0 Å². The first-order chi connectivity index (χ1) is 9.13. The van der Waals surface area contributed by atoms with Crippen molar-refractivity contribution in [2.24, 2.45) is 0 Å². The van der Waals surface area contributed by atoms with E-state index in [9.17, 15) is 9.59 Å². The number of ether oxygens (including phenoxy) is 1. The Bertz CT molecular complexity index is 466. The topological polar surface area (TPSA) is 53.1 Å². The third-order valence-electron chi connectivity index (χ3n) is 2.82. The molecule has 3 amide bonds. The Morgan fingerprint density at radius 1 is 1.42 bits per heavy atom. The van der Waals surface area contributed by atoms with Gasteiger partial charge in [-0.2, -0.15) is 0 Å². The lowest BCUT2D eigenvalue weighted by Gasteiger charge is -2.37. The lowest BCUT2D eigenvalue weighted by molar-refractivity contribution is -0.156. The Morgan fingerprint density at radius 2 is 2.11 bits per heavy atom. The Hall–Kier alpha value is -1.79. The van der Waals surface area contributed by atoms with Crippen LogP contribution in [0.5, 0.6) is 0 Å². The number of carbonyl (C=O) groups is 2. The van der Waals surface area contributed by atoms with Crippen LogP contribution in [0.15, 0.2) is 24.3 Å². The van der Waals surface area contributed by atoms with E-state index in [-0.39, 0.29) is 12.8 Å². The quantitative estimate of drug-likeness (QED) is 0.774. The van der Waals surface area contributed by atoms with E-state index in [0.717, 1.165) is 0 Å². The lowest BCUT2D eigenvalue weighted by atomic mass is 10.3. The smallest absolute Gasteiger partial charge is 0.343 e. The summed E-state index contributed by atoms with van der Waals surface area (Å²) in [7, 11) is 1.64. The van der Waals surface area contributed by atoms with Gasteiger partial charge in [0.1, 0.15) is 6.73 Å². The molecule has 0 spiro atoms. The highest BCUT2D eigenvalue weighted by molar-refractivity contribution is 6.30. The van der Waals surface area contributed by atoms with Crippen molar-refractivity contribution in [3.63, 3.8) is 0 Å². The van der Waals surface area contributed by atoms with Crippen LogP contribution >= 0.6 is 11.6 Å². The van der Waals surface area contributed by atoms with Gasteiger partial charge in [0.25, 0.3) is 0 Å². The molecule has 6 nitrogen and oxygen atoms in total. The fourth-order valence-corrected chi connectivity index (χ4v) is 1.87. The molecule has 1 saturated heterocycles. The number of hydrazine groups is 1. The van der Waals surface area contributed by atoms with Gasteiger partial charge in [-0.05, 0) is 24.3 Å². The second-order valence-electron chi connectivity index (χ2n) is 4.02. The normalized spacial score (nSPS) is 15.3. The number of nitrogens with zero attached hydrogens (tertiary/aromatic N) is 3. The standard InChI is InChI=1S/C12H14ClN3O3/c1-14(11-4-2-10(13)3-5-11)12(18)16-6-7-19-9-15(16)8-17/h2-5,8H,6-7,9H2,1H3. The molecule has 1 aromatic carbocycles. The van der Waals surface area contributed by atoms with E-state index >= 15 is 0 Å². The summed E-state index contributed by atoms with van der Waals surface area (Å²) >= 11 is 5.81. The molecule has 0 aromatic heterocycles. The maximum Gasteiger partial charge on any atom is 0.343 e. The van der Waals surface area contributed by atoms with Crippen molar-refractivity contribution < 1.29 is 14.3 Å². The highest BCUT2D eigenvalue weighted by atomic mass is 35.5. The van der Waals surface area contributed by atoms with Gasteiger partial charge < -0.3 is 4.74 Å². The number of anilines is 1. The molecule has 1 aliphatic heterocycles. The third kappa shape index (κ3) is 2.97. The van der Waals surface area contributed by atoms with E-state index in [0.29, 0.717) is 30.3 Å². The second kappa shape index (κ2) is 5.90. The molecule has 7 heteroatoms. The molecule has 1 aliphatic rings. The molecule has 0 N–H and O–H groups in total. The van der Waals surface area contributed by atoms with Crippen LogP contribution in [0.2, 0.25) is 5.02 Å². The minimum absolute atomic E-state index is 0.0870. The summed E-state index contributed by atoms with van der Waals surface area (Å²) in [6.07, 6.45) is 0.576. The molecule has 0 unspecified atom stereocenters. The number of rotatable bonds is 2. The van der Waals surface area contributed by atoms with Crippen LogP contribution in [0.4, 0.5) is 10.5 Å². The predicted molar refractivity (Wildman–Crippen MR) is 70.7 cm³/mol. The van der Waals surface area contributed by atoms with E-state index < -0.39 is 0 Å². The van der Waals surface area contributed by atoms with Crippen LogP contribution in [0.25, 0.3) is 0 Å². The largest absolute Gasteiger partial charge is 0.357 e. The molecule has 0 radical (unpaired) electrons. The van der Waals surface area contributed by atoms with Crippen molar-refractivity contribution in [2.45, 2.75) is 0 Å². The number of hydrogen-bond donors (Lipinski definition) is 0. The van der Waals surface area contributed by atoms with Gasteiger partial charge in [-0.3, -0.25) is 9.69 Å². The average Bonchev–Trinajstić information content (AvgIpc) is 2.46. The summed E-state index contributed by atoms with van der Waals surface area (Å²) in [5.41, 5.74) is 0.701. The first kappa shape index (κ1) is 13.6. The van der Waals surface area contributed by atoms with Crippen molar-refractivity contribution in [2.75, 3.05) is 31.8 Å². The molecule has 0 bridgehead atoms. The van der Waals surface area contributed by atoms with Gasteiger partial charge in [0, 0.05) is 17.8 Å². The highest BCUT2D eigenvalue weighted by Crippen LogP contribution is 2.18. The predicted octanol–water partition coefficient (Wildman–Crippen LogP) is 1.56. The fraction of sp³-hybridized carbons (Fsp3) is 0.333. The summed E-state index contributed by atoms with van der Waals surface area (Å²) in [6.45, 7) is 0.837. The van der Waals surface area contributed by atoms with Gasteiger partial charge in [0.15, 0.2) is 0 Å². The van der Waals surface area contributed by atoms with Gasteiger partial charge in [-0.25, -0.2) is 14.8 Å². The molecular weight excluding hydrogens is 270 g/mol. The zero-order valence-electron chi connectivity index (χ0n) is 10.5. The molecule has 1 heterocycles. The average molecular weight is 284 g/mol. The number of halogens is 1. The lowest BCUT2D eigenvalue weighted by Crippen LogP contribution is -2.55. The van der Waals surface area contributed by atoms with Crippen LogP contribution in [0.3, 0.4) is 0 Å². The summed E-state index contributed by atoms with van der Waals surface area (Å²) in [5.74, 6) is 0. The van der Waals surface area contributed by atoms with E-state index in [1.807, 2.05) is 0 Å². The molecule has 1 aromatic rings. The molecule has 2 rings (SSSR count). The molecule has 0 aliphatic carbocycles. The molecule has 19 heavy (non-hydrogen) atoms. The fourth-order valence-electron chi connectivity index (χ4n) is 1.75. The minimum Gasteiger partial charge on any atom is -0.357 e. The Balaban J connectivity index is 2.13. The van der Waals surface area contributed by atoms with Crippen molar-refractivity contribution >= 4 is 29.7 Å². The van der Waals surface area contributed by atoms with Crippen molar-refractivity contribution in [1.82, 2.24) is 10.0 Å². The van der Waals surface area contributed by atoms with Crippen molar-refractivity contribution in [3.05, 3.63) is 29.3 Å². The van der Waals surface area contributed by atoms with E-state index in [1.165, 1.54) is 14.9 Å². The number of amides is 3. The minimum atomic E-state index is -0.294. The van der Waals surface area contributed by atoms with Crippen LogP contribution in [0.1, 0.15) is 0 Å². The summed E-state index contributed by atoms with van der Waals surface area (Å²) < 4.78 is 5.12. The molecule has 0 saturated carbocycles. The number of urea groups is 1. The summed E-state index contributed by atoms with van der Waals surface area (Å²) in [4.78, 5) is 24.7. The van der Waals surface area contributed by atoms with Gasteiger partial charge in [0.2, 0.25) is 6.41 Å². The molecule has 102 valence electrons. The second-order valence-corrected chi connectivity index (χ2v) is 4.46.